The SMILES string of the molecule is COc1cccc2ccc(CNC3CCCCC3O)nc12. The van der Waals surface area contributed by atoms with Gasteiger partial charge in [0.25, 0.3) is 0 Å². The normalized spacial score (nSPS) is 22.4. The fourth-order valence-corrected chi connectivity index (χ4v) is 3.01. The first-order valence-corrected chi connectivity index (χ1v) is 7.62. The van der Waals surface area contributed by atoms with E-state index >= 15 is 0 Å². The van der Waals surface area contributed by atoms with Crippen LogP contribution >= 0.6 is 0 Å². The summed E-state index contributed by atoms with van der Waals surface area (Å²) in [4.78, 5) is 4.69. The van der Waals surface area contributed by atoms with Gasteiger partial charge in [-0.05, 0) is 25.0 Å². The number of nitrogens with one attached hydrogen (secondary N) is 1. The molecule has 0 aliphatic heterocycles. The molecule has 0 spiro atoms. The van der Waals surface area contributed by atoms with E-state index in [1.54, 1.807) is 7.11 Å². The summed E-state index contributed by atoms with van der Waals surface area (Å²) < 4.78 is 5.37. The number of aliphatic hydroxyl groups excluding tert-OH is 1. The summed E-state index contributed by atoms with van der Waals surface area (Å²) in [7, 11) is 1.67. The van der Waals surface area contributed by atoms with Gasteiger partial charge in [0, 0.05) is 18.0 Å². The van der Waals surface area contributed by atoms with Crippen LogP contribution in [0.15, 0.2) is 30.3 Å². The van der Waals surface area contributed by atoms with E-state index in [2.05, 4.69) is 16.4 Å². The van der Waals surface area contributed by atoms with Crippen molar-refractivity contribution < 1.29 is 9.84 Å². The molecule has 1 aliphatic carbocycles. The molecule has 1 saturated carbocycles. The lowest BCUT2D eigenvalue weighted by molar-refractivity contribution is 0.0901. The summed E-state index contributed by atoms with van der Waals surface area (Å²) in [5, 5.41) is 14.5. The van der Waals surface area contributed by atoms with E-state index in [0.29, 0.717) is 6.54 Å². The van der Waals surface area contributed by atoms with Crippen molar-refractivity contribution in [1.82, 2.24) is 10.3 Å². The predicted molar refractivity (Wildman–Crippen MR) is 83.4 cm³/mol. The monoisotopic (exact) mass is 286 g/mol. The number of aromatic nitrogens is 1. The van der Waals surface area contributed by atoms with Gasteiger partial charge in [0.05, 0.1) is 18.9 Å². The number of aliphatic hydroxyl groups is 1. The summed E-state index contributed by atoms with van der Waals surface area (Å²) >= 11 is 0. The van der Waals surface area contributed by atoms with Crippen molar-refractivity contribution in [3.05, 3.63) is 36.0 Å². The zero-order valence-electron chi connectivity index (χ0n) is 12.4. The number of rotatable bonds is 4. The Labute approximate surface area is 125 Å². The molecule has 0 saturated heterocycles. The van der Waals surface area contributed by atoms with Crippen LogP contribution in [0.3, 0.4) is 0 Å². The average molecular weight is 286 g/mol. The molecule has 4 heteroatoms. The molecule has 0 bridgehead atoms. The number of fused-ring (bicyclic) bond motifs is 1. The maximum Gasteiger partial charge on any atom is 0.145 e. The lowest BCUT2D eigenvalue weighted by Crippen LogP contribution is -2.41. The van der Waals surface area contributed by atoms with Crippen LogP contribution < -0.4 is 10.1 Å². The van der Waals surface area contributed by atoms with Crippen LogP contribution in [0.4, 0.5) is 0 Å². The summed E-state index contributed by atoms with van der Waals surface area (Å²) in [6, 6.07) is 10.2. The minimum atomic E-state index is -0.228. The molecule has 1 aliphatic rings. The zero-order chi connectivity index (χ0) is 14.7. The molecule has 21 heavy (non-hydrogen) atoms. The molecule has 2 unspecified atom stereocenters. The molecule has 0 radical (unpaired) electrons. The van der Waals surface area contributed by atoms with E-state index in [4.69, 9.17) is 4.74 Å². The molecule has 1 aromatic carbocycles. The molecule has 1 heterocycles. The number of nitrogens with zero attached hydrogens (tertiary/aromatic N) is 1. The lowest BCUT2D eigenvalue weighted by atomic mass is 9.92. The van der Waals surface area contributed by atoms with E-state index < -0.39 is 0 Å². The number of methoxy groups -OCH3 is 1. The predicted octanol–water partition coefficient (Wildman–Crippen LogP) is 2.64. The van der Waals surface area contributed by atoms with E-state index in [1.165, 1.54) is 6.42 Å². The zero-order valence-corrected chi connectivity index (χ0v) is 12.4. The molecule has 2 aromatic rings. The maximum absolute atomic E-state index is 10.00. The molecular weight excluding hydrogens is 264 g/mol. The molecular formula is C17H22N2O2. The van der Waals surface area contributed by atoms with Gasteiger partial charge in [0.15, 0.2) is 0 Å². The van der Waals surface area contributed by atoms with E-state index in [-0.39, 0.29) is 12.1 Å². The van der Waals surface area contributed by atoms with Gasteiger partial charge in [-0.25, -0.2) is 4.98 Å². The summed E-state index contributed by atoms with van der Waals surface area (Å²) in [6.45, 7) is 0.676. The van der Waals surface area contributed by atoms with Crippen molar-refractivity contribution in [1.29, 1.82) is 0 Å². The minimum Gasteiger partial charge on any atom is -0.494 e. The van der Waals surface area contributed by atoms with Gasteiger partial charge in [-0.2, -0.15) is 0 Å². The second-order valence-corrected chi connectivity index (χ2v) is 5.67. The minimum absolute atomic E-state index is 0.189. The fourth-order valence-electron chi connectivity index (χ4n) is 3.01. The van der Waals surface area contributed by atoms with Crippen LogP contribution in [-0.4, -0.2) is 29.3 Å². The highest BCUT2D eigenvalue weighted by Crippen LogP contribution is 2.24. The number of pyridine rings is 1. The van der Waals surface area contributed by atoms with Gasteiger partial charge in [-0.1, -0.05) is 31.0 Å². The highest BCUT2D eigenvalue weighted by Gasteiger charge is 2.22. The largest absolute Gasteiger partial charge is 0.494 e. The van der Waals surface area contributed by atoms with Gasteiger partial charge >= 0.3 is 0 Å². The van der Waals surface area contributed by atoms with Gasteiger partial charge in [0.1, 0.15) is 11.3 Å². The second-order valence-electron chi connectivity index (χ2n) is 5.67. The summed E-state index contributed by atoms with van der Waals surface area (Å²) in [5.74, 6) is 0.798. The third-order valence-corrected chi connectivity index (χ3v) is 4.24. The highest BCUT2D eigenvalue weighted by atomic mass is 16.5. The van der Waals surface area contributed by atoms with Crippen molar-refractivity contribution in [2.45, 2.75) is 44.4 Å². The molecule has 2 atom stereocenters. The van der Waals surface area contributed by atoms with Gasteiger partial charge in [0.2, 0.25) is 0 Å². The van der Waals surface area contributed by atoms with E-state index in [0.717, 1.165) is 41.6 Å². The molecule has 1 fully saturated rings. The number of ether oxygens (including phenoxy) is 1. The third kappa shape index (κ3) is 3.17. The highest BCUT2D eigenvalue weighted by molar-refractivity contribution is 5.84. The van der Waals surface area contributed by atoms with E-state index in [9.17, 15) is 5.11 Å². The summed E-state index contributed by atoms with van der Waals surface area (Å²) in [6.07, 6.45) is 4.03. The van der Waals surface area contributed by atoms with Crippen LogP contribution in [0.1, 0.15) is 31.4 Å². The number of hydrogen-bond acceptors (Lipinski definition) is 4. The Balaban J connectivity index is 1.75. The van der Waals surface area contributed by atoms with Crippen LogP contribution in [0, 0.1) is 0 Å². The van der Waals surface area contributed by atoms with E-state index in [1.807, 2.05) is 24.3 Å². The topological polar surface area (TPSA) is 54.4 Å². The first-order chi connectivity index (χ1) is 10.3. The Morgan fingerprint density at radius 1 is 1.24 bits per heavy atom. The number of para-hydroxylation sites is 1. The van der Waals surface area contributed by atoms with Gasteiger partial charge < -0.3 is 15.2 Å². The van der Waals surface area contributed by atoms with Crippen molar-refractivity contribution in [2.75, 3.05) is 7.11 Å². The standard InChI is InChI=1S/C17H22N2O2/c1-21-16-8-4-5-12-9-10-13(19-17(12)16)11-18-14-6-2-3-7-15(14)20/h4-5,8-10,14-15,18,20H,2-3,6-7,11H2,1H3. The Bertz CT molecular complexity index is 615. The summed E-state index contributed by atoms with van der Waals surface area (Å²) in [5.41, 5.74) is 1.87. The average Bonchev–Trinajstić information content (AvgIpc) is 2.53. The quantitative estimate of drug-likeness (QED) is 0.907. The molecule has 112 valence electrons. The van der Waals surface area contributed by atoms with Crippen molar-refractivity contribution in [3.63, 3.8) is 0 Å². The molecule has 1 aromatic heterocycles. The smallest absolute Gasteiger partial charge is 0.145 e. The van der Waals surface area contributed by atoms with Crippen LogP contribution in [0.5, 0.6) is 5.75 Å². The lowest BCUT2D eigenvalue weighted by Gasteiger charge is -2.28. The Morgan fingerprint density at radius 2 is 2.10 bits per heavy atom. The first-order valence-electron chi connectivity index (χ1n) is 7.62. The van der Waals surface area contributed by atoms with Gasteiger partial charge in [-0.15, -0.1) is 0 Å². The van der Waals surface area contributed by atoms with Crippen LogP contribution in [-0.2, 0) is 6.54 Å². The number of benzene rings is 1. The Kier molecular flexibility index (Phi) is 4.36. The Morgan fingerprint density at radius 3 is 2.90 bits per heavy atom. The third-order valence-electron chi connectivity index (χ3n) is 4.24. The van der Waals surface area contributed by atoms with Crippen molar-refractivity contribution >= 4 is 10.9 Å². The molecule has 3 rings (SSSR count). The first kappa shape index (κ1) is 14.3. The van der Waals surface area contributed by atoms with Crippen LogP contribution in [0.2, 0.25) is 0 Å². The Hall–Kier alpha value is -1.65. The van der Waals surface area contributed by atoms with Crippen molar-refractivity contribution in [2.24, 2.45) is 0 Å². The second kappa shape index (κ2) is 6.41. The molecule has 0 amide bonds. The fraction of sp³-hybridized carbons (Fsp3) is 0.471. The number of hydrogen-bond donors (Lipinski definition) is 2. The maximum atomic E-state index is 10.00. The van der Waals surface area contributed by atoms with Crippen LogP contribution in [0.25, 0.3) is 10.9 Å². The van der Waals surface area contributed by atoms with Crippen molar-refractivity contribution in [3.8, 4) is 5.75 Å². The van der Waals surface area contributed by atoms with Gasteiger partial charge in [-0.3, -0.25) is 0 Å². The molecule has 2 N–H and O–H groups in total. The molecule has 4 nitrogen and oxygen atoms in total.